The number of benzene rings is 4. The van der Waals surface area contributed by atoms with Gasteiger partial charge in [0, 0.05) is 36.8 Å². The fraction of sp³-hybridized carbons (Fsp3) is 0.613. The van der Waals surface area contributed by atoms with Crippen molar-refractivity contribution in [3.8, 4) is 11.5 Å². The fourth-order valence-corrected chi connectivity index (χ4v) is 27.8. The van der Waals surface area contributed by atoms with E-state index in [0.29, 0.717) is 0 Å². The minimum Gasteiger partial charge on any atom is -0.872 e. The molecule has 6 atom stereocenters. The first-order valence-corrected chi connectivity index (χ1v) is 42.8. The van der Waals surface area contributed by atoms with Crippen molar-refractivity contribution in [1.29, 1.82) is 0 Å². The molecule has 0 saturated carbocycles. The summed E-state index contributed by atoms with van der Waals surface area (Å²) in [6, 6.07) is 31.2. The number of aryl methyl sites for hydroxylation is 4. The molecular weight excluding hydrogens is 1020 g/mol. The molecule has 416 valence electrons. The minimum atomic E-state index is -1.11. The van der Waals surface area contributed by atoms with Crippen LogP contribution in [0, 0.1) is 27.7 Å². The van der Waals surface area contributed by atoms with Crippen molar-refractivity contribution in [3.63, 3.8) is 0 Å². The molecule has 0 radical (unpaired) electrons. The second-order valence-electron chi connectivity index (χ2n) is 26.3. The van der Waals surface area contributed by atoms with Crippen LogP contribution in [0.1, 0.15) is 110 Å². The maximum Gasteiger partial charge on any atom is 2.00 e. The second kappa shape index (κ2) is 35.5. The van der Waals surface area contributed by atoms with Crippen LogP contribution < -0.4 is 29.8 Å². The summed E-state index contributed by atoms with van der Waals surface area (Å²) in [6.45, 7) is 51.4. The molecule has 0 aromatic heterocycles. The molecular formula is C62H110Mg2N6O2Si4+4. The molecule has 2 fully saturated rings. The van der Waals surface area contributed by atoms with Gasteiger partial charge in [-0.15, -0.1) is 0 Å². The van der Waals surface area contributed by atoms with Gasteiger partial charge in [-0.1, -0.05) is 257 Å². The smallest absolute Gasteiger partial charge is 0.872 e. The van der Waals surface area contributed by atoms with Crippen LogP contribution in [0.4, 0.5) is 0 Å². The maximum absolute atomic E-state index is 12.7. The zero-order valence-electron chi connectivity index (χ0n) is 52.1. The van der Waals surface area contributed by atoms with Gasteiger partial charge in [0.15, 0.2) is 0 Å². The maximum atomic E-state index is 12.7. The Bertz CT molecular complexity index is 2020. The summed E-state index contributed by atoms with van der Waals surface area (Å²) in [5.41, 5.74) is 8.85. The third-order valence-electron chi connectivity index (χ3n) is 13.8. The van der Waals surface area contributed by atoms with Crippen LogP contribution in [-0.2, 0) is 26.2 Å². The fourth-order valence-electron chi connectivity index (χ4n) is 11.7. The van der Waals surface area contributed by atoms with E-state index in [1.54, 1.807) is 9.80 Å². The third kappa shape index (κ3) is 30.5. The molecule has 2 saturated heterocycles. The van der Waals surface area contributed by atoms with Gasteiger partial charge in [-0.2, -0.15) is 0 Å². The molecule has 2 aliphatic rings. The van der Waals surface area contributed by atoms with Gasteiger partial charge in [-0.3, -0.25) is 0 Å². The molecule has 0 amide bonds. The van der Waals surface area contributed by atoms with Crippen molar-refractivity contribution in [1.82, 2.24) is 0 Å². The van der Waals surface area contributed by atoms with E-state index in [2.05, 4.69) is 179 Å². The molecule has 4 N–H and O–H groups in total. The summed E-state index contributed by atoms with van der Waals surface area (Å²) in [5, 5.41) is 25.5. The first-order valence-electron chi connectivity index (χ1n) is 29.0. The van der Waals surface area contributed by atoms with Crippen molar-refractivity contribution in [3.05, 3.63) is 139 Å². The molecule has 0 bridgehead atoms. The van der Waals surface area contributed by atoms with E-state index in [1.807, 2.05) is 26.0 Å². The standard InChI is InChI=1S/2C25H36N2O.2C6H18NSi2.2Mg/c2*1-4-5-13-27-14-9-12-24(27)19-26(17-22-10-7-6-8-11-22)18-23-16-20(2)15-21(3)25(23)28;2*1-8(2,3)7-9(4,5)6;;/h2*6-8,10-11,15-16,24,28H,4-5,9,12-14,17-19H2,1-3H3;2*1-6H3;;/q;;2*-1;2*+2/p+2/t2*24-;;;;/m00..../s1. The Morgan fingerprint density at radius 2 is 0.803 bits per heavy atom. The van der Waals surface area contributed by atoms with Gasteiger partial charge < -0.3 is 39.1 Å². The molecule has 0 aliphatic carbocycles. The summed E-state index contributed by atoms with van der Waals surface area (Å²) >= 11 is 0. The number of nitrogens with zero attached hydrogens (tertiary/aromatic N) is 2. The molecule has 4 unspecified atom stereocenters. The molecule has 14 heteroatoms. The number of hydrogen-bond acceptors (Lipinski definition) is 2. The number of rotatable bonds is 22. The van der Waals surface area contributed by atoms with Crippen LogP contribution in [0.15, 0.2) is 84.9 Å². The van der Waals surface area contributed by atoms with Gasteiger partial charge in [-0.05, 0) is 51.7 Å². The number of nitrogens with one attached hydrogen (secondary N) is 4. The third-order valence-corrected chi connectivity index (χ3v) is 24.6. The second-order valence-corrected chi connectivity index (χ2v) is 45.5. The van der Waals surface area contributed by atoms with Crippen molar-refractivity contribution in [2.24, 2.45) is 0 Å². The van der Waals surface area contributed by atoms with Crippen LogP contribution in [0.3, 0.4) is 0 Å². The Morgan fingerprint density at radius 3 is 1.08 bits per heavy atom. The molecule has 4 aromatic carbocycles. The summed E-state index contributed by atoms with van der Waals surface area (Å²) < 4.78 is 9.64. The SMILES string of the molecule is CCCC[NH+]1CCC[C@H]1C[NH+](Cc1ccccc1)Cc1cc(C)cc(C)c1[O-].CCCC[NH+]1CCC[C@H]1C[NH+](Cc1ccccc1)Cc1cc(C)cc(C)c1[O-].C[Si](C)(C)[N-][Si](C)(C)C.C[Si](C)(C)[N-][Si](C)(C)C.[Mg+2].[Mg+2]. The zero-order chi connectivity index (χ0) is 55.3. The predicted octanol–water partition coefficient (Wildman–Crippen LogP) is 8.92. The average Bonchev–Trinajstić information content (AvgIpc) is 3.92. The summed E-state index contributed by atoms with van der Waals surface area (Å²) in [6.07, 6.45) is 10.5. The Kier molecular flexibility index (Phi) is 33.9. The van der Waals surface area contributed by atoms with E-state index in [-0.39, 0.29) is 57.6 Å². The largest absolute Gasteiger partial charge is 2.00 e. The molecule has 2 aliphatic heterocycles. The van der Waals surface area contributed by atoms with Gasteiger partial charge in [0.05, 0.1) is 26.2 Å². The van der Waals surface area contributed by atoms with Crippen molar-refractivity contribution < 1.29 is 29.8 Å². The van der Waals surface area contributed by atoms with Gasteiger partial charge in [0.2, 0.25) is 0 Å². The van der Waals surface area contributed by atoms with E-state index in [0.717, 1.165) is 73.6 Å². The van der Waals surface area contributed by atoms with Gasteiger partial charge in [0.1, 0.15) is 51.4 Å². The Hall–Kier alpha value is -1.36. The summed E-state index contributed by atoms with van der Waals surface area (Å²) in [7, 11) is -4.42. The van der Waals surface area contributed by atoms with E-state index in [4.69, 9.17) is 9.30 Å². The van der Waals surface area contributed by atoms with Crippen LogP contribution in [0.2, 0.25) is 78.6 Å². The number of unbranched alkanes of at least 4 members (excludes halogenated alkanes) is 2. The van der Waals surface area contributed by atoms with E-state index in [1.165, 1.54) is 110 Å². The van der Waals surface area contributed by atoms with E-state index in [9.17, 15) is 10.2 Å². The number of hydrogen-bond donors (Lipinski definition) is 4. The molecule has 2 heterocycles. The Morgan fingerprint density at radius 1 is 0.487 bits per heavy atom. The minimum absolute atomic E-state index is 0. The van der Waals surface area contributed by atoms with Crippen LogP contribution in [0.5, 0.6) is 11.5 Å². The summed E-state index contributed by atoms with van der Waals surface area (Å²) in [5.74, 6) is 0.468. The van der Waals surface area contributed by atoms with Crippen LogP contribution in [-0.4, -0.2) is 130 Å². The van der Waals surface area contributed by atoms with Gasteiger partial charge >= 0.3 is 46.1 Å². The molecule has 8 nitrogen and oxygen atoms in total. The normalized spacial score (nSPS) is 18.3. The van der Waals surface area contributed by atoms with Gasteiger partial charge in [0.25, 0.3) is 0 Å². The van der Waals surface area contributed by atoms with Crippen molar-refractivity contribution in [2.45, 2.75) is 210 Å². The van der Waals surface area contributed by atoms with E-state index >= 15 is 0 Å². The van der Waals surface area contributed by atoms with Crippen LogP contribution >= 0.6 is 0 Å². The van der Waals surface area contributed by atoms with E-state index < -0.39 is 32.9 Å². The molecule has 76 heavy (non-hydrogen) atoms. The van der Waals surface area contributed by atoms with Crippen molar-refractivity contribution >= 4 is 79.0 Å². The zero-order valence-corrected chi connectivity index (χ0v) is 58.9. The monoisotopic (exact) mass is 1130 g/mol. The molecule has 6 rings (SSSR count). The van der Waals surface area contributed by atoms with Gasteiger partial charge in [-0.25, -0.2) is 0 Å². The molecule has 0 spiro atoms. The first kappa shape index (κ1) is 72.7. The Labute approximate surface area is 504 Å². The van der Waals surface area contributed by atoms with Crippen LogP contribution in [0.25, 0.3) is 9.30 Å². The Balaban J connectivity index is 0.000000566. The van der Waals surface area contributed by atoms with Crippen molar-refractivity contribution in [2.75, 3.05) is 39.3 Å². The summed E-state index contributed by atoms with van der Waals surface area (Å²) in [4.78, 5) is 6.62. The topological polar surface area (TPSA) is 92.1 Å². The first-order chi connectivity index (χ1) is 34.5. The molecule has 4 aromatic rings. The predicted molar refractivity (Wildman–Crippen MR) is 339 cm³/mol. The number of likely N-dealkylation sites (tertiary alicyclic amines) is 2. The number of quaternary nitrogens is 4. The average molecular weight is 1130 g/mol. The quantitative estimate of drug-likeness (QED) is 0.0593.